The fraction of sp³-hybridized carbons (Fsp3) is 0.400. The van der Waals surface area contributed by atoms with E-state index in [0.717, 1.165) is 23.7 Å². The Kier molecular flexibility index (Phi) is 10.3. The van der Waals surface area contributed by atoms with Gasteiger partial charge in [0, 0.05) is 24.2 Å². The van der Waals surface area contributed by atoms with Crippen molar-refractivity contribution in [1.29, 1.82) is 0 Å². The van der Waals surface area contributed by atoms with E-state index in [9.17, 15) is 23.0 Å². The third kappa shape index (κ3) is 7.10. The van der Waals surface area contributed by atoms with E-state index in [1.807, 2.05) is 45.9 Å². The lowest BCUT2D eigenvalue weighted by atomic mass is 9.78. The molecule has 0 aliphatic carbocycles. The summed E-state index contributed by atoms with van der Waals surface area (Å²) in [5.41, 5.74) is 1.37. The molecule has 0 saturated heterocycles. The van der Waals surface area contributed by atoms with Gasteiger partial charge >= 0.3 is 14.1 Å². The molecule has 9 heteroatoms. The number of hydrogen-bond acceptors (Lipinski definition) is 3. The summed E-state index contributed by atoms with van der Waals surface area (Å²) in [5, 5.41) is 18.3. The van der Waals surface area contributed by atoms with Crippen molar-refractivity contribution in [1.82, 2.24) is 0 Å². The molecule has 4 nitrogen and oxygen atoms in total. The van der Waals surface area contributed by atoms with Crippen LogP contribution in [0.1, 0.15) is 27.7 Å². The van der Waals surface area contributed by atoms with Gasteiger partial charge in [0.15, 0.2) is 0 Å². The van der Waals surface area contributed by atoms with Crippen LogP contribution >= 0.6 is 0 Å². The van der Waals surface area contributed by atoms with E-state index in [0.29, 0.717) is 24.2 Å². The average Bonchev–Trinajstić information content (AvgIpc) is 2.70. The predicted octanol–water partition coefficient (Wildman–Crippen LogP) is 1.51. The van der Waals surface area contributed by atoms with Crippen molar-refractivity contribution in [2.75, 3.05) is 31.1 Å². The van der Waals surface area contributed by atoms with Gasteiger partial charge in [-0.1, -0.05) is 36.4 Å². The molecule has 0 fully saturated rings. The van der Waals surface area contributed by atoms with Crippen molar-refractivity contribution in [3.63, 3.8) is 0 Å². The minimum Gasteiger partial charge on any atom is -0.445 e. The number of benzene rings is 2. The number of halogens is 3. The zero-order valence-corrected chi connectivity index (χ0v) is 17.6. The Morgan fingerprint density at radius 3 is 1.86 bits per heavy atom. The summed E-state index contributed by atoms with van der Waals surface area (Å²) in [6.07, 6.45) is 0. The minimum atomic E-state index is -4.90. The summed E-state index contributed by atoms with van der Waals surface area (Å²) < 4.78 is 38.2. The first-order valence-electron chi connectivity index (χ1n) is 10.0. The predicted molar refractivity (Wildman–Crippen MR) is 117 cm³/mol. The zero-order chi connectivity index (χ0) is 22.0. The third-order valence-electron chi connectivity index (χ3n) is 4.87. The van der Waals surface area contributed by atoms with Crippen LogP contribution in [0.3, 0.4) is 0 Å². The van der Waals surface area contributed by atoms with Gasteiger partial charge in [-0.2, -0.15) is 0 Å². The van der Waals surface area contributed by atoms with E-state index >= 15 is 0 Å². The molecule has 0 aliphatic rings. The highest BCUT2D eigenvalue weighted by molar-refractivity contribution is 6.74. The summed E-state index contributed by atoms with van der Waals surface area (Å²) in [7, 11) is -1.40. The maximum atomic E-state index is 12.7. The van der Waals surface area contributed by atoms with Gasteiger partial charge in [-0.25, -0.2) is 0 Å². The molecule has 0 amide bonds. The number of nitrogens with one attached hydrogen (secondary N) is 1. The van der Waals surface area contributed by atoms with Gasteiger partial charge in [0.2, 0.25) is 0 Å². The quantitative estimate of drug-likeness (QED) is 0.579. The lowest BCUT2D eigenvalue weighted by Crippen LogP contribution is -3.07. The molecule has 3 N–H and O–H groups in total. The van der Waals surface area contributed by atoms with E-state index in [-0.39, 0.29) is 0 Å². The topological polar surface area (TPSA) is 48.1 Å². The molecule has 2 aromatic carbocycles. The maximum Gasteiger partial charge on any atom is 0.515 e. The molecule has 0 heterocycles. The molecule has 0 aliphatic heterocycles. The van der Waals surface area contributed by atoms with Gasteiger partial charge in [-0.15, -0.1) is 0 Å². The highest BCUT2D eigenvalue weighted by atomic mass is 19.4. The van der Waals surface area contributed by atoms with Crippen LogP contribution in [0, 0.1) is 0 Å². The number of nitrogens with zero attached hydrogens (tertiary/aromatic N) is 1. The second kappa shape index (κ2) is 11.9. The molecule has 0 bridgehead atoms. The van der Waals surface area contributed by atoms with Gasteiger partial charge < -0.3 is 32.8 Å². The van der Waals surface area contributed by atoms with Crippen molar-refractivity contribution >= 4 is 36.4 Å². The first-order chi connectivity index (χ1) is 13.7. The first kappa shape index (κ1) is 25.1. The van der Waals surface area contributed by atoms with E-state index in [4.69, 9.17) is 0 Å². The minimum absolute atomic E-state index is 0.370. The number of quaternary nitrogens is 1. The molecule has 2 aromatic rings. The number of rotatable bonds is 8. The van der Waals surface area contributed by atoms with Crippen molar-refractivity contribution < 1.29 is 27.9 Å². The highest BCUT2D eigenvalue weighted by Gasteiger charge is 2.31. The Morgan fingerprint density at radius 2 is 1.38 bits per heavy atom. The molecule has 0 radical (unpaired) electrons. The molecule has 0 atom stereocenters. The molecule has 0 aromatic heterocycles. The van der Waals surface area contributed by atoms with Crippen LogP contribution in [0.5, 0.6) is 0 Å². The van der Waals surface area contributed by atoms with Gasteiger partial charge in [-0.05, 0) is 45.3 Å². The van der Waals surface area contributed by atoms with Gasteiger partial charge in [0.05, 0.1) is 13.1 Å². The SMILES string of the molecule is CCN(CC)c1ccccc1B(O)O.CC[NH+](CC)c1ccccc1[B-](F)(F)F. The summed E-state index contributed by atoms with van der Waals surface area (Å²) in [5.74, 6) is 0. The van der Waals surface area contributed by atoms with Crippen molar-refractivity contribution in [2.45, 2.75) is 27.7 Å². The van der Waals surface area contributed by atoms with E-state index in [1.165, 1.54) is 12.1 Å². The molecule has 0 unspecified atom stereocenters. The number of anilines is 1. The smallest absolute Gasteiger partial charge is 0.445 e. The average molecular weight is 410 g/mol. The lowest BCUT2D eigenvalue weighted by molar-refractivity contribution is -0.827. The molecule has 2 rings (SSSR count). The maximum absolute atomic E-state index is 12.7. The van der Waals surface area contributed by atoms with Crippen LogP contribution in [0.4, 0.5) is 24.3 Å². The van der Waals surface area contributed by atoms with Crippen molar-refractivity contribution in [3.8, 4) is 0 Å². The van der Waals surface area contributed by atoms with Crippen LogP contribution in [-0.2, 0) is 0 Å². The van der Waals surface area contributed by atoms with E-state index in [2.05, 4.69) is 4.90 Å². The van der Waals surface area contributed by atoms with E-state index < -0.39 is 19.6 Å². The summed E-state index contributed by atoms with van der Waals surface area (Å²) in [4.78, 5) is 2.96. The van der Waals surface area contributed by atoms with Gasteiger partial charge in [-0.3, -0.25) is 0 Å². The Labute approximate surface area is 172 Å². The molecule has 0 spiro atoms. The summed E-state index contributed by atoms with van der Waals surface area (Å²) in [6.45, 7) is 6.02. The summed E-state index contributed by atoms with van der Waals surface area (Å²) in [6, 6.07) is 13.2. The number of hydrogen-bond donors (Lipinski definition) is 3. The van der Waals surface area contributed by atoms with Crippen LogP contribution < -0.4 is 20.7 Å². The lowest BCUT2D eigenvalue weighted by Gasteiger charge is -2.23. The van der Waals surface area contributed by atoms with E-state index in [1.54, 1.807) is 18.2 Å². The third-order valence-corrected chi connectivity index (χ3v) is 4.87. The van der Waals surface area contributed by atoms with Crippen molar-refractivity contribution in [3.05, 3.63) is 48.5 Å². The fourth-order valence-electron chi connectivity index (χ4n) is 3.29. The Hall–Kier alpha value is -1.96. The molecule has 29 heavy (non-hydrogen) atoms. The van der Waals surface area contributed by atoms with Crippen LogP contribution in [0.15, 0.2) is 48.5 Å². The highest BCUT2D eigenvalue weighted by Crippen LogP contribution is 2.13. The Balaban J connectivity index is 0.000000291. The molecular weight excluding hydrogens is 379 g/mol. The first-order valence-corrected chi connectivity index (χ1v) is 10.0. The Morgan fingerprint density at radius 1 is 0.862 bits per heavy atom. The Bertz CT molecular complexity index is 738. The molecule has 0 saturated carbocycles. The van der Waals surface area contributed by atoms with Crippen LogP contribution in [0.25, 0.3) is 0 Å². The monoisotopic (exact) mass is 410 g/mol. The second-order valence-corrected chi connectivity index (χ2v) is 6.58. The number of para-hydroxylation sites is 2. The summed E-state index contributed by atoms with van der Waals surface area (Å²) >= 11 is 0. The largest absolute Gasteiger partial charge is 0.515 e. The fourth-order valence-corrected chi connectivity index (χ4v) is 3.29. The second-order valence-electron chi connectivity index (χ2n) is 6.58. The molecular formula is C20H31B2F3N2O2. The van der Waals surface area contributed by atoms with Crippen LogP contribution in [0.2, 0.25) is 0 Å². The molecule has 160 valence electrons. The van der Waals surface area contributed by atoms with Crippen LogP contribution in [-0.4, -0.2) is 50.3 Å². The standard InChI is InChI=1S/C10H14BF3N.C10H16BNO2/c1-3-15(4-2)10-8-6-5-7-9(10)11(12,13)14;1-3-12(4-2)10-8-6-5-7-9(10)11(13)14/h5-8H,3-4H2,1-2H3;5-8,13-14H,3-4H2,1-2H3/q-1;/p+1. The normalized spacial score (nSPS) is 11.1. The van der Waals surface area contributed by atoms with Crippen molar-refractivity contribution in [2.24, 2.45) is 0 Å². The van der Waals surface area contributed by atoms with Gasteiger partial charge in [0.25, 0.3) is 0 Å². The van der Waals surface area contributed by atoms with Gasteiger partial charge in [0.1, 0.15) is 5.69 Å². The zero-order valence-electron chi connectivity index (χ0n) is 17.6.